The van der Waals surface area contributed by atoms with Crippen LogP contribution in [0.3, 0.4) is 0 Å². The van der Waals surface area contributed by atoms with E-state index in [9.17, 15) is 0 Å². The van der Waals surface area contributed by atoms with Gasteiger partial charge in [0.25, 0.3) is 0 Å². The summed E-state index contributed by atoms with van der Waals surface area (Å²) in [7, 11) is 0. The molecule has 0 saturated carbocycles. The second kappa shape index (κ2) is 9.91. The molecule has 0 aliphatic rings. The largest absolute Gasteiger partial charge is 0.254 e. The van der Waals surface area contributed by atoms with Gasteiger partial charge in [-0.1, -0.05) is 66.7 Å². The van der Waals surface area contributed by atoms with Gasteiger partial charge in [0.15, 0.2) is 17.5 Å². The maximum atomic E-state index is 5.07. The zero-order chi connectivity index (χ0) is 27.9. The summed E-state index contributed by atoms with van der Waals surface area (Å²) >= 11 is 0. The van der Waals surface area contributed by atoms with E-state index in [1.54, 1.807) is 18.6 Å². The number of pyridine rings is 4. The van der Waals surface area contributed by atoms with E-state index in [1.165, 1.54) is 16.2 Å². The normalized spacial score (nSPS) is 11.3. The number of nitrogens with zero attached hydrogens (tertiary/aromatic N) is 7. The lowest BCUT2D eigenvalue weighted by atomic mass is 9.96. The number of hydrogen-bond acceptors (Lipinski definition) is 7. The van der Waals surface area contributed by atoms with Gasteiger partial charge < -0.3 is 0 Å². The van der Waals surface area contributed by atoms with Crippen LogP contribution < -0.4 is 0 Å². The van der Waals surface area contributed by atoms with Crippen molar-refractivity contribution in [3.8, 4) is 45.8 Å². The number of aromatic nitrogens is 7. The van der Waals surface area contributed by atoms with E-state index in [2.05, 4.69) is 69.5 Å². The molecular formula is C35H21N7. The first-order valence-corrected chi connectivity index (χ1v) is 13.6. The van der Waals surface area contributed by atoms with Crippen LogP contribution in [-0.4, -0.2) is 34.9 Å². The lowest BCUT2D eigenvalue weighted by Crippen LogP contribution is -2.02. The Morgan fingerprint density at radius 3 is 1.76 bits per heavy atom. The first kappa shape index (κ1) is 23.9. The van der Waals surface area contributed by atoms with E-state index in [0.717, 1.165) is 33.2 Å². The second-order valence-electron chi connectivity index (χ2n) is 9.86. The summed E-state index contributed by atoms with van der Waals surface area (Å²) in [4.78, 5) is 33.0. The molecular weight excluding hydrogens is 518 g/mol. The predicted octanol–water partition coefficient (Wildman–Crippen LogP) is 7.58. The summed E-state index contributed by atoms with van der Waals surface area (Å²) in [5, 5.41) is 5.75. The van der Waals surface area contributed by atoms with Crippen LogP contribution in [0.25, 0.3) is 78.3 Å². The average molecular weight is 540 g/mol. The molecule has 0 radical (unpaired) electrons. The van der Waals surface area contributed by atoms with Crippen LogP contribution in [0.15, 0.2) is 128 Å². The van der Waals surface area contributed by atoms with Gasteiger partial charge in [-0.05, 0) is 53.2 Å². The van der Waals surface area contributed by atoms with Crippen molar-refractivity contribution in [2.45, 2.75) is 0 Å². The molecule has 8 aromatic rings. The minimum atomic E-state index is 0.472. The molecule has 0 atom stereocenters. The fourth-order valence-electron chi connectivity index (χ4n) is 5.31. The van der Waals surface area contributed by atoms with E-state index in [4.69, 9.17) is 19.9 Å². The van der Waals surface area contributed by atoms with Crippen molar-refractivity contribution in [2.75, 3.05) is 0 Å². The number of hydrogen-bond donors (Lipinski definition) is 0. The van der Waals surface area contributed by atoms with Gasteiger partial charge in [0, 0.05) is 40.3 Å². The summed E-state index contributed by atoms with van der Waals surface area (Å²) in [6, 6.07) is 36.3. The van der Waals surface area contributed by atoms with Gasteiger partial charge in [-0.25, -0.2) is 19.9 Å². The minimum Gasteiger partial charge on any atom is -0.254 e. The van der Waals surface area contributed by atoms with Crippen molar-refractivity contribution in [1.82, 2.24) is 34.9 Å². The van der Waals surface area contributed by atoms with Crippen LogP contribution in [0.5, 0.6) is 0 Å². The summed E-state index contributed by atoms with van der Waals surface area (Å²) in [6.45, 7) is 0. The highest BCUT2D eigenvalue weighted by atomic mass is 15.1. The Labute approximate surface area is 240 Å². The maximum Gasteiger partial charge on any atom is 0.182 e. The molecule has 7 nitrogen and oxygen atoms in total. The zero-order valence-corrected chi connectivity index (χ0v) is 22.3. The van der Waals surface area contributed by atoms with Crippen LogP contribution in [0, 0.1) is 0 Å². The fourth-order valence-corrected chi connectivity index (χ4v) is 5.31. The van der Waals surface area contributed by atoms with Crippen molar-refractivity contribution in [1.29, 1.82) is 0 Å². The SMILES string of the molecule is c1ccc(-c2nc(-c3ccc(-c4nc5ccccc5c5c4ccc4ccccc45)nc3)nc(-c3ccccn3)n2)nc1. The van der Waals surface area contributed by atoms with Gasteiger partial charge in [0.2, 0.25) is 0 Å². The molecule has 3 aromatic carbocycles. The number of para-hydroxylation sites is 1. The van der Waals surface area contributed by atoms with E-state index in [1.807, 2.05) is 54.6 Å². The van der Waals surface area contributed by atoms with E-state index in [-0.39, 0.29) is 0 Å². The Morgan fingerprint density at radius 2 is 1.07 bits per heavy atom. The maximum absolute atomic E-state index is 5.07. The molecule has 8 rings (SSSR count). The highest BCUT2D eigenvalue weighted by Crippen LogP contribution is 2.36. The zero-order valence-electron chi connectivity index (χ0n) is 22.3. The number of benzene rings is 3. The van der Waals surface area contributed by atoms with E-state index in [0.29, 0.717) is 28.9 Å². The summed E-state index contributed by atoms with van der Waals surface area (Å²) in [5.41, 5.74) is 4.60. The summed E-state index contributed by atoms with van der Waals surface area (Å²) in [6.07, 6.45) is 5.23. The first-order valence-electron chi connectivity index (χ1n) is 13.6. The molecule has 0 N–H and O–H groups in total. The van der Waals surface area contributed by atoms with Gasteiger partial charge in [-0.15, -0.1) is 0 Å². The highest BCUT2D eigenvalue weighted by molar-refractivity contribution is 6.22. The third-order valence-electron chi connectivity index (χ3n) is 7.28. The standard InChI is InChI=1S/C35H21N7/c1-2-10-24-22(9-1)15-17-26-31(24)25-11-3-4-12-27(25)39-32(26)28-18-16-23(21-38-28)33-40-34(29-13-5-7-19-36-29)42-35(41-33)30-14-6-8-20-37-30/h1-21H. The Morgan fingerprint density at radius 1 is 0.405 bits per heavy atom. The minimum absolute atomic E-state index is 0.472. The van der Waals surface area contributed by atoms with Gasteiger partial charge in [-0.2, -0.15) is 0 Å². The fraction of sp³-hybridized carbons (Fsp3) is 0. The van der Waals surface area contributed by atoms with E-state index >= 15 is 0 Å². The molecule has 5 aromatic heterocycles. The Balaban J connectivity index is 1.28. The average Bonchev–Trinajstić information content (AvgIpc) is 3.08. The van der Waals surface area contributed by atoms with Gasteiger partial charge in [0.1, 0.15) is 11.4 Å². The molecule has 0 bridgehead atoms. The molecule has 7 heteroatoms. The molecule has 0 amide bonds. The molecule has 0 aliphatic heterocycles. The van der Waals surface area contributed by atoms with Crippen molar-refractivity contribution in [2.24, 2.45) is 0 Å². The van der Waals surface area contributed by atoms with Gasteiger partial charge >= 0.3 is 0 Å². The molecule has 196 valence electrons. The second-order valence-corrected chi connectivity index (χ2v) is 9.86. The quantitative estimate of drug-likeness (QED) is 0.213. The van der Waals surface area contributed by atoms with Crippen molar-refractivity contribution < 1.29 is 0 Å². The molecule has 5 heterocycles. The van der Waals surface area contributed by atoms with Crippen molar-refractivity contribution in [3.63, 3.8) is 0 Å². The Bertz CT molecular complexity index is 2160. The number of fused-ring (bicyclic) bond motifs is 5. The summed E-state index contributed by atoms with van der Waals surface area (Å²) < 4.78 is 0. The lowest BCUT2D eigenvalue weighted by Gasteiger charge is -2.12. The van der Waals surface area contributed by atoms with Gasteiger partial charge in [0.05, 0.1) is 16.9 Å². The third-order valence-corrected chi connectivity index (χ3v) is 7.28. The molecule has 0 fully saturated rings. The molecule has 0 saturated heterocycles. The van der Waals surface area contributed by atoms with Gasteiger partial charge in [-0.3, -0.25) is 15.0 Å². The van der Waals surface area contributed by atoms with Crippen LogP contribution in [-0.2, 0) is 0 Å². The topological polar surface area (TPSA) is 90.2 Å². The first-order chi connectivity index (χ1) is 20.8. The lowest BCUT2D eigenvalue weighted by molar-refractivity contribution is 1.04. The van der Waals surface area contributed by atoms with Crippen LogP contribution in [0.1, 0.15) is 0 Å². The molecule has 0 aliphatic carbocycles. The predicted molar refractivity (Wildman–Crippen MR) is 165 cm³/mol. The van der Waals surface area contributed by atoms with Crippen LogP contribution in [0.4, 0.5) is 0 Å². The Kier molecular flexibility index (Phi) is 5.64. The van der Waals surface area contributed by atoms with Crippen molar-refractivity contribution in [3.05, 3.63) is 128 Å². The van der Waals surface area contributed by atoms with Crippen molar-refractivity contribution >= 4 is 32.4 Å². The summed E-state index contributed by atoms with van der Waals surface area (Å²) in [5.74, 6) is 1.44. The monoisotopic (exact) mass is 539 g/mol. The smallest absolute Gasteiger partial charge is 0.182 e. The highest BCUT2D eigenvalue weighted by Gasteiger charge is 2.16. The van der Waals surface area contributed by atoms with E-state index < -0.39 is 0 Å². The van der Waals surface area contributed by atoms with Crippen LogP contribution in [0.2, 0.25) is 0 Å². The van der Waals surface area contributed by atoms with Crippen LogP contribution >= 0.6 is 0 Å². The molecule has 0 unspecified atom stereocenters. The molecule has 0 spiro atoms. The number of rotatable bonds is 4. The molecule has 42 heavy (non-hydrogen) atoms. The third kappa shape index (κ3) is 4.12. The Hall–Kier alpha value is -5.95.